The molecule has 0 bridgehead atoms. The molecule has 12 unspecified atom stereocenters. The number of carboxylic acid groups (broad SMARTS) is 1. The number of aliphatic carboxylic acids is 1. The highest BCUT2D eigenvalue weighted by Gasteiger charge is 2.39. The first kappa shape index (κ1) is 83.9. The number of nitrogens with two attached hydrogens (primary N) is 1. The van der Waals surface area contributed by atoms with E-state index in [4.69, 9.17) is 15.4 Å². The SMILES string of the molecule is CC1CN(C)C(=O)N1.CC1CNC(=O)N1.CC1NC(=O)NC1C.CN1C(=O)NC2CCCCC21.CN1CC(C(=O)O)NC1=O.CN1CC(C(C)(C)C)NC1=O.CN1CC(Cc2ccccc2)NC1=O.CN1CC(N)NC1=O.CN1CC(S(=O)(=O)O)NC1=O.CN1CC(c2ccccc2)NC1=O. The van der Waals surface area contributed by atoms with Crippen molar-refractivity contribution < 1.29 is 70.8 Å². The van der Waals surface area contributed by atoms with Crippen molar-refractivity contribution in [1.29, 1.82) is 0 Å². The number of benzene rings is 2. The van der Waals surface area contributed by atoms with Gasteiger partial charge < -0.3 is 114 Å². The molecule has 0 spiro atoms. The second-order valence-electron chi connectivity index (χ2n) is 27.4. The molecule has 2 aromatic rings. The molecular formula is C64H109N21O15S. The molecule has 12 atom stereocenters. The first-order valence-corrected chi connectivity index (χ1v) is 34.9. The predicted octanol–water partition coefficient (Wildman–Crippen LogP) is 1.31. The van der Waals surface area contributed by atoms with Gasteiger partial charge in [0.05, 0.1) is 56.0 Å². The lowest BCUT2D eigenvalue weighted by Gasteiger charge is -2.27. The van der Waals surface area contributed by atoms with Gasteiger partial charge in [0, 0.05) is 113 Å². The molecule has 11 aliphatic rings. The van der Waals surface area contributed by atoms with Crippen LogP contribution in [0.5, 0.6) is 0 Å². The lowest BCUT2D eigenvalue weighted by Crippen LogP contribution is -2.38. The quantitative estimate of drug-likeness (QED) is 0.188. The number of nitrogens with one attached hydrogen (secondary N) is 12. The first-order valence-electron chi connectivity index (χ1n) is 33.4. The number of carbonyl (C=O) groups excluding carboxylic acids is 10. The number of hydrogen-bond acceptors (Lipinski definition) is 14. The maximum atomic E-state index is 11.2. The van der Waals surface area contributed by atoms with Crippen molar-refractivity contribution in [2.24, 2.45) is 11.1 Å². The van der Waals surface area contributed by atoms with Crippen LogP contribution in [0, 0.1) is 5.41 Å². The van der Waals surface area contributed by atoms with Gasteiger partial charge >= 0.3 is 66.3 Å². The van der Waals surface area contributed by atoms with E-state index in [2.05, 4.69) is 96.7 Å². The molecule has 0 radical (unpaired) electrons. The summed E-state index contributed by atoms with van der Waals surface area (Å²) in [4.78, 5) is 131. The highest BCUT2D eigenvalue weighted by atomic mass is 32.2. The molecule has 566 valence electrons. The number of likely N-dealkylation sites (N-methyl/N-ethyl adjacent to an activating group) is 8. The van der Waals surface area contributed by atoms with E-state index in [9.17, 15) is 61.2 Å². The van der Waals surface area contributed by atoms with Gasteiger partial charge in [-0.1, -0.05) is 94.3 Å². The third-order valence-electron chi connectivity index (χ3n) is 17.4. The molecule has 37 heteroatoms. The molecule has 10 aliphatic heterocycles. The average molecular weight is 1440 g/mol. The van der Waals surface area contributed by atoms with Crippen molar-refractivity contribution in [3.8, 4) is 0 Å². The van der Waals surface area contributed by atoms with E-state index in [0.29, 0.717) is 36.8 Å². The van der Waals surface area contributed by atoms with Gasteiger partial charge in [-0.2, -0.15) is 8.42 Å². The Morgan fingerprint density at radius 2 is 0.990 bits per heavy atom. The number of amides is 20. The van der Waals surface area contributed by atoms with E-state index in [-0.39, 0.29) is 103 Å². The Balaban J connectivity index is 0.000000240. The zero-order chi connectivity index (χ0) is 75.8. The molecule has 20 amide bonds. The third-order valence-corrected chi connectivity index (χ3v) is 18.4. The summed E-state index contributed by atoms with van der Waals surface area (Å²) < 4.78 is 29.4. The fraction of sp³-hybridized carbons (Fsp3) is 0.641. The van der Waals surface area contributed by atoms with E-state index >= 15 is 0 Å². The van der Waals surface area contributed by atoms with Gasteiger partial charge in [0.15, 0.2) is 5.37 Å². The highest BCUT2D eigenvalue weighted by Crippen LogP contribution is 2.27. The number of carboxylic acids is 1. The highest BCUT2D eigenvalue weighted by molar-refractivity contribution is 7.86. The lowest BCUT2D eigenvalue weighted by molar-refractivity contribution is -0.138. The topological polar surface area (TPSA) is 459 Å². The summed E-state index contributed by atoms with van der Waals surface area (Å²) in [5.74, 6) is -0.988. The smallest absolute Gasteiger partial charge is 0.328 e. The van der Waals surface area contributed by atoms with E-state index in [1.54, 1.807) is 52.7 Å². The Labute approximate surface area is 592 Å². The maximum Gasteiger partial charge on any atom is 0.328 e. The number of rotatable bonds is 5. The minimum atomic E-state index is -4.14. The van der Waals surface area contributed by atoms with Crippen LogP contribution < -0.4 is 69.5 Å². The zero-order valence-corrected chi connectivity index (χ0v) is 61.5. The van der Waals surface area contributed by atoms with Crippen molar-refractivity contribution >= 4 is 76.4 Å². The summed E-state index contributed by atoms with van der Waals surface area (Å²) in [7, 11) is 9.70. The number of urea groups is 10. The maximum absolute atomic E-state index is 11.2. The van der Waals surface area contributed by atoms with Crippen LogP contribution in [0.3, 0.4) is 0 Å². The lowest BCUT2D eigenvalue weighted by atomic mass is 9.87. The van der Waals surface area contributed by atoms with Crippen LogP contribution in [0.4, 0.5) is 47.9 Å². The van der Waals surface area contributed by atoms with Crippen LogP contribution in [0.25, 0.3) is 0 Å². The number of carbonyl (C=O) groups is 11. The minimum Gasteiger partial charge on any atom is -0.480 e. The molecule has 10 heterocycles. The Kier molecular flexibility index (Phi) is 32.3. The Hall–Kier alpha value is -9.52. The van der Waals surface area contributed by atoms with E-state index in [0.717, 1.165) is 39.1 Å². The number of fused-ring (bicyclic) bond motifs is 1. The Morgan fingerprint density at radius 1 is 0.505 bits per heavy atom. The molecule has 1 aliphatic carbocycles. The van der Waals surface area contributed by atoms with Crippen molar-refractivity contribution in [2.45, 2.75) is 153 Å². The molecule has 2 aromatic carbocycles. The first-order chi connectivity index (χ1) is 47.1. The van der Waals surface area contributed by atoms with Crippen LogP contribution in [0.15, 0.2) is 60.7 Å². The van der Waals surface area contributed by atoms with Crippen LogP contribution >= 0.6 is 0 Å². The molecule has 0 aromatic heterocycles. The van der Waals surface area contributed by atoms with E-state index < -0.39 is 33.5 Å². The molecule has 11 fully saturated rings. The van der Waals surface area contributed by atoms with Gasteiger partial charge in [0.25, 0.3) is 10.1 Å². The number of nitrogens with zero attached hydrogens (tertiary/aromatic N) is 8. The zero-order valence-electron chi connectivity index (χ0n) is 60.7. The van der Waals surface area contributed by atoms with E-state index in [1.165, 1.54) is 53.7 Å². The Morgan fingerprint density at radius 3 is 1.31 bits per heavy atom. The van der Waals surface area contributed by atoms with Crippen LogP contribution in [-0.4, -0.2) is 298 Å². The molecule has 1 saturated carbocycles. The van der Waals surface area contributed by atoms with Crippen molar-refractivity contribution in [3.63, 3.8) is 0 Å². The van der Waals surface area contributed by atoms with Gasteiger partial charge in [-0.15, -0.1) is 0 Å². The molecule has 10 saturated heterocycles. The molecule has 13 rings (SSSR count). The van der Waals surface area contributed by atoms with Gasteiger partial charge in [-0.05, 0) is 63.5 Å². The Bertz CT molecular complexity index is 3190. The minimum absolute atomic E-state index is 0.00820. The van der Waals surface area contributed by atoms with Crippen molar-refractivity contribution in [2.75, 3.05) is 109 Å². The average Bonchev–Trinajstić information content (AvgIpc) is 1.69. The fourth-order valence-electron chi connectivity index (χ4n) is 11.0. The standard InChI is InChI=1S/C11H14N2O.C10H12N2O.C8H14N2O.C8H16N2O.C5H8N2O3.2C5H10N2O.C4H9N3O.C4H8N2O4S.C4H8N2O/c1-13-8-10(12-11(13)14)7-9-5-3-2-4-6-9;1-12-7-9(11-10(12)13)8-5-3-2-4-6-8;1-10-7-5-3-2-4-6(7)9-8(10)11;1-8(2,3)6-5-10(4)7(11)9-6;1-7-2-3(4(8)9)6-5(7)10;1-4-3-7(2)5(8)6-4;1-3-4(2)7-5(8)6-3;1-7-2-3(5)6-4(7)8;1-6-2-3(5-4(6)7)11(8,9)10;1-3-2-5-4(7)6-3/h2-6,10H,7-8H2,1H3,(H,12,14);2-6,9H,7H2,1H3,(H,11,13);6-7H,2-5H2,1H3,(H,9,11);6H,5H2,1-4H3,(H,9,11);3H,2H2,1H3,(H,6,10)(H,8,9);4H,3H2,1-2H3,(H,6,8);3-4H,1-2H3,(H2,6,7,8);3H,2,5H2,1H3,(H,6,8);3H,2H2,1H3,(H,5,7)(H,8,9,10);3H,2H2,1H3,(H2,5,6,7). The van der Waals surface area contributed by atoms with E-state index in [1.807, 2.05) is 102 Å². The summed E-state index contributed by atoms with van der Waals surface area (Å²) in [6.45, 7) is 19.1. The number of hydrogen-bond donors (Lipinski definition) is 15. The van der Waals surface area contributed by atoms with Gasteiger partial charge in [0.2, 0.25) is 0 Å². The fourth-order valence-corrected chi connectivity index (χ4v) is 11.7. The summed E-state index contributed by atoms with van der Waals surface area (Å²) >= 11 is 0. The molecule has 101 heavy (non-hydrogen) atoms. The molecule has 36 nitrogen and oxygen atoms in total. The van der Waals surface area contributed by atoms with Crippen molar-refractivity contribution in [1.82, 2.24) is 103 Å². The van der Waals surface area contributed by atoms with Crippen LogP contribution in [0.1, 0.15) is 91.3 Å². The molecular weight excluding hydrogens is 1330 g/mol. The summed E-state index contributed by atoms with van der Waals surface area (Å²) in [6, 6.07) is 21.6. The summed E-state index contributed by atoms with van der Waals surface area (Å²) in [5.41, 5.74) is 7.95. The van der Waals surface area contributed by atoms with Crippen LogP contribution in [0.2, 0.25) is 0 Å². The van der Waals surface area contributed by atoms with Gasteiger partial charge in [-0.25, -0.2) is 52.7 Å². The second kappa shape index (κ2) is 38.9. The van der Waals surface area contributed by atoms with Crippen LogP contribution in [-0.2, 0) is 21.3 Å². The van der Waals surface area contributed by atoms with Gasteiger partial charge in [0.1, 0.15) is 6.04 Å². The third kappa shape index (κ3) is 28.2. The summed E-state index contributed by atoms with van der Waals surface area (Å²) in [6.07, 6.45) is 5.64. The molecule has 16 N–H and O–H groups in total. The predicted molar refractivity (Wildman–Crippen MR) is 378 cm³/mol. The second-order valence-corrected chi connectivity index (χ2v) is 29.0. The van der Waals surface area contributed by atoms with Crippen molar-refractivity contribution in [3.05, 3.63) is 71.8 Å². The normalized spacial score (nSPS) is 27.2. The largest absolute Gasteiger partial charge is 0.480 e. The summed E-state index contributed by atoms with van der Waals surface area (Å²) in [5, 5.41) is 39.4. The van der Waals surface area contributed by atoms with Gasteiger partial charge in [-0.3, -0.25) is 4.55 Å². The monoisotopic (exact) mass is 1440 g/mol.